The van der Waals surface area contributed by atoms with Gasteiger partial charge in [0, 0.05) is 18.8 Å². The molecule has 0 saturated carbocycles. The van der Waals surface area contributed by atoms with Crippen LogP contribution >= 0.6 is 0 Å². The van der Waals surface area contributed by atoms with Crippen molar-refractivity contribution in [1.29, 1.82) is 0 Å². The number of hydrogen-bond donors (Lipinski definition) is 1. The van der Waals surface area contributed by atoms with Gasteiger partial charge in [0.25, 0.3) is 0 Å². The van der Waals surface area contributed by atoms with E-state index < -0.39 is 0 Å². The number of para-hydroxylation sites is 1. The van der Waals surface area contributed by atoms with Crippen molar-refractivity contribution in [3.05, 3.63) is 65.5 Å². The minimum Gasteiger partial charge on any atom is -0.359 e. The summed E-state index contributed by atoms with van der Waals surface area (Å²) in [6, 6.07) is 14.5. The average Bonchev–Trinajstić information content (AvgIpc) is 2.98. The fraction of sp³-hybridized carbons (Fsp3) is 0.316. The van der Waals surface area contributed by atoms with E-state index in [0.717, 1.165) is 24.2 Å². The van der Waals surface area contributed by atoms with Gasteiger partial charge >= 0.3 is 0 Å². The molecule has 0 aliphatic carbocycles. The molecule has 1 aliphatic rings. The van der Waals surface area contributed by atoms with Gasteiger partial charge in [-0.1, -0.05) is 30.3 Å². The summed E-state index contributed by atoms with van der Waals surface area (Å²) in [6.07, 6.45) is 1.61. The molecule has 0 saturated heterocycles. The Morgan fingerprint density at radius 1 is 1.26 bits per heavy atom. The fourth-order valence-electron chi connectivity index (χ4n) is 3.08. The van der Waals surface area contributed by atoms with Crippen LogP contribution in [-0.2, 0) is 17.6 Å². The molecule has 0 radical (unpaired) electrons. The monoisotopic (exact) mass is 312 g/mol. The van der Waals surface area contributed by atoms with Crippen LogP contribution in [0.15, 0.2) is 48.5 Å². The summed E-state index contributed by atoms with van der Waals surface area (Å²) in [5.41, 5.74) is 3.34. The number of nitrogens with zero attached hydrogens (tertiary/aromatic N) is 1. The second-order valence-corrected chi connectivity index (χ2v) is 5.92. The number of fused-ring (bicyclic) bond motifs is 1. The maximum Gasteiger partial charge on any atom is 0.242 e. The van der Waals surface area contributed by atoms with Crippen LogP contribution in [0, 0.1) is 5.82 Å². The zero-order valence-corrected chi connectivity index (χ0v) is 13.3. The summed E-state index contributed by atoms with van der Waals surface area (Å²) in [5.74, 6) is -0.228. The molecule has 120 valence electrons. The Labute approximate surface area is 136 Å². The second kappa shape index (κ2) is 6.82. The van der Waals surface area contributed by atoms with E-state index in [2.05, 4.69) is 22.3 Å². The van der Waals surface area contributed by atoms with Gasteiger partial charge in [-0.3, -0.25) is 4.79 Å². The molecule has 1 unspecified atom stereocenters. The SMILES string of the molecule is CC(C(=O)NCCc1cccc(F)c1)N1CCc2ccccc21. The number of carbonyl (C=O) groups is 1. The lowest BCUT2D eigenvalue weighted by atomic mass is 10.1. The van der Waals surface area contributed by atoms with E-state index in [1.807, 2.05) is 25.1 Å². The standard InChI is InChI=1S/C19H21FN2O/c1-14(22-12-10-16-6-2-3-8-18(16)22)19(23)21-11-9-15-5-4-7-17(20)13-15/h2-8,13-14H,9-12H2,1H3,(H,21,23). The first-order valence-corrected chi connectivity index (χ1v) is 8.02. The molecule has 1 atom stereocenters. The summed E-state index contributed by atoms with van der Waals surface area (Å²) in [5, 5.41) is 2.96. The van der Waals surface area contributed by atoms with Crippen molar-refractivity contribution in [2.75, 3.05) is 18.0 Å². The predicted molar refractivity (Wildman–Crippen MR) is 90.1 cm³/mol. The lowest BCUT2D eigenvalue weighted by Gasteiger charge is -2.26. The van der Waals surface area contributed by atoms with Gasteiger partial charge in [0.1, 0.15) is 11.9 Å². The van der Waals surface area contributed by atoms with Crippen LogP contribution in [0.5, 0.6) is 0 Å². The first-order chi connectivity index (χ1) is 11.1. The summed E-state index contributed by atoms with van der Waals surface area (Å²) in [6.45, 7) is 3.32. The number of rotatable bonds is 5. The van der Waals surface area contributed by atoms with Crippen molar-refractivity contribution in [2.45, 2.75) is 25.8 Å². The molecule has 2 aromatic carbocycles. The highest BCUT2D eigenvalue weighted by Crippen LogP contribution is 2.29. The molecule has 0 bridgehead atoms. The van der Waals surface area contributed by atoms with Gasteiger partial charge in [-0.15, -0.1) is 0 Å². The number of nitrogens with one attached hydrogen (secondary N) is 1. The minimum absolute atomic E-state index is 0.0121. The van der Waals surface area contributed by atoms with E-state index in [0.29, 0.717) is 13.0 Å². The first-order valence-electron chi connectivity index (χ1n) is 8.02. The number of benzene rings is 2. The van der Waals surface area contributed by atoms with Crippen LogP contribution in [0.25, 0.3) is 0 Å². The van der Waals surface area contributed by atoms with Crippen LogP contribution in [-0.4, -0.2) is 25.0 Å². The van der Waals surface area contributed by atoms with Crippen molar-refractivity contribution in [1.82, 2.24) is 5.32 Å². The molecular formula is C19H21FN2O. The van der Waals surface area contributed by atoms with Gasteiger partial charge < -0.3 is 10.2 Å². The lowest BCUT2D eigenvalue weighted by molar-refractivity contribution is -0.122. The molecule has 2 aromatic rings. The van der Waals surface area contributed by atoms with Crippen molar-refractivity contribution in [3.63, 3.8) is 0 Å². The first kappa shape index (κ1) is 15.5. The van der Waals surface area contributed by atoms with Crippen molar-refractivity contribution in [2.24, 2.45) is 0 Å². The maximum atomic E-state index is 13.1. The molecule has 4 heteroatoms. The molecule has 1 N–H and O–H groups in total. The van der Waals surface area contributed by atoms with E-state index in [1.165, 1.54) is 17.7 Å². The summed E-state index contributed by atoms with van der Waals surface area (Å²) < 4.78 is 13.1. The van der Waals surface area contributed by atoms with Gasteiger partial charge in [0.2, 0.25) is 5.91 Å². The highest BCUT2D eigenvalue weighted by atomic mass is 19.1. The van der Waals surface area contributed by atoms with E-state index in [4.69, 9.17) is 0 Å². The van der Waals surface area contributed by atoms with Crippen LogP contribution in [0.1, 0.15) is 18.1 Å². The number of halogens is 1. The molecule has 1 aliphatic heterocycles. The summed E-state index contributed by atoms with van der Waals surface area (Å²) >= 11 is 0. The van der Waals surface area contributed by atoms with Gasteiger partial charge in [-0.2, -0.15) is 0 Å². The number of amides is 1. The molecule has 0 spiro atoms. The fourth-order valence-corrected chi connectivity index (χ4v) is 3.08. The molecule has 3 rings (SSSR count). The van der Waals surface area contributed by atoms with Crippen molar-refractivity contribution >= 4 is 11.6 Å². The second-order valence-electron chi connectivity index (χ2n) is 5.92. The Morgan fingerprint density at radius 2 is 2.09 bits per heavy atom. The van der Waals surface area contributed by atoms with Gasteiger partial charge in [-0.05, 0) is 49.1 Å². The summed E-state index contributed by atoms with van der Waals surface area (Å²) in [4.78, 5) is 14.5. The van der Waals surface area contributed by atoms with Crippen LogP contribution in [0.4, 0.5) is 10.1 Å². The quantitative estimate of drug-likeness (QED) is 0.920. The molecular weight excluding hydrogens is 291 g/mol. The minimum atomic E-state index is -0.240. The molecule has 3 nitrogen and oxygen atoms in total. The smallest absolute Gasteiger partial charge is 0.242 e. The lowest BCUT2D eigenvalue weighted by Crippen LogP contribution is -2.45. The van der Waals surface area contributed by atoms with Gasteiger partial charge in [0.05, 0.1) is 0 Å². The number of anilines is 1. The average molecular weight is 312 g/mol. The Morgan fingerprint density at radius 3 is 2.91 bits per heavy atom. The highest BCUT2D eigenvalue weighted by molar-refractivity contribution is 5.85. The van der Waals surface area contributed by atoms with Gasteiger partial charge in [0.15, 0.2) is 0 Å². The number of hydrogen-bond acceptors (Lipinski definition) is 2. The van der Waals surface area contributed by atoms with Crippen molar-refractivity contribution < 1.29 is 9.18 Å². The topological polar surface area (TPSA) is 32.3 Å². The van der Waals surface area contributed by atoms with Crippen molar-refractivity contribution in [3.8, 4) is 0 Å². The summed E-state index contributed by atoms with van der Waals surface area (Å²) in [7, 11) is 0. The molecule has 0 aromatic heterocycles. The number of carbonyl (C=O) groups excluding carboxylic acids is 1. The maximum absolute atomic E-state index is 13.1. The highest BCUT2D eigenvalue weighted by Gasteiger charge is 2.26. The zero-order valence-electron chi connectivity index (χ0n) is 13.3. The Bertz CT molecular complexity index is 701. The van der Waals surface area contributed by atoms with Crippen LogP contribution in [0.3, 0.4) is 0 Å². The molecule has 1 amide bonds. The zero-order chi connectivity index (χ0) is 16.2. The van der Waals surface area contributed by atoms with Crippen LogP contribution < -0.4 is 10.2 Å². The third kappa shape index (κ3) is 3.52. The van der Waals surface area contributed by atoms with E-state index in [1.54, 1.807) is 6.07 Å². The van der Waals surface area contributed by atoms with E-state index in [-0.39, 0.29) is 17.8 Å². The third-order valence-corrected chi connectivity index (χ3v) is 4.37. The largest absolute Gasteiger partial charge is 0.359 e. The normalized spacial score (nSPS) is 14.4. The molecule has 0 fully saturated rings. The molecule has 23 heavy (non-hydrogen) atoms. The van der Waals surface area contributed by atoms with E-state index in [9.17, 15) is 9.18 Å². The Balaban J connectivity index is 1.54. The van der Waals surface area contributed by atoms with E-state index >= 15 is 0 Å². The molecule has 1 heterocycles. The predicted octanol–water partition coefficient (Wildman–Crippen LogP) is 2.94. The van der Waals surface area contributed by atoms with Gasteiger partial charge in [-0.25, -0.2) is 4.39 Å². The van der Waals surface area contributed by atoms with Crippen LogP contribution in [0.2, 0.25) is 0 Å². The third-order valence-electron chi connectivity index (χ3n) is 4.37. The Kier molecular flexibility index (Phi) is 4.60. The Hall–Kier alpha value is -2.36.